The standard InChI is InChI=1S/C12H16BrN3O3/c13-9-1-2-12(19)16(6-9)7-11(18)15-4-8-3-14-5-10(8)17/h1-2,6,8,10,14,17H,3-5,7H2,(H,15,18). The quantitative estimate of drug-likeness (QED) is 0.682. The number of carbonyl (C=O) groups excluding carboxylic acids is 1. The van der Waals surface area contributed by atoms with Crippen LogP contribution in [-0.2, 0) is 11.3 Å². The van der Waals surface area contributed by atoms with Gasteiger partial charge in [-0.05, 0) is 22.0 Å². The zero-order valence-corrected chi connectivity index (χ0v) is 11.9. The van der Waals surface area contributed by atoms with E-state index in [9.17, 15) is 14.7 Å². The van der Waals surface area contributed by atoms with E-state index in [0.29, 0.717) is 19.6 Å². The molecule has 0 spiro atoms. The monoisotopic (exact) mass is 329 g/mol. The van der Waals surface area contributed by atoms with Crippen molar-refractivity contribution in [3.8, 4) is 0 Å². The molecule has 3 N–H and O–H groups in total. The van der Waals surface area contributed by atoms with Crippen LogP contribution in [0.25, 0.3) is 0 Å². The van der Waals surface area contributed by atoms with Gasteiger partial charge in [0.05, 0.1) is 6.10 Å². The van der Waals surface area contributed by atoms with Gasteiger partial charge in [-0.2, -0.15) is 0 Å². The van der Waals surface area contributed by atoms with E-state index in [1.807, 2.05) is 0 Å². The molecule has 1 fully saturated rings. The molecule has 19 heavy (non-hydrogen) atoms. The third kappa shape index (κ3) is 3.89. The first-order valence-corrected chi connectivity index (χ1v) is 6.87. The highest BCUT2D eigenvalue weighted by atomic mass is 79.9. The van der Waals surface area contributed by atoms with Crippen molar-refractivity contribution in [1.29, 1.82) is 0 Å². The molecular formula is C12H16BrN3O3. The normalized spacial score (nSPS) is 22.4. The molecule has 0 radical (unpaired) electrons. The summed E-state index contributed by atoms with van der Waals surface area (Å²) >= 11 is 3.25. The van der Waals surface area contributed by atoms with Crippen LogP contribution in [0.4, 0.5) is 0 Å². The number of amides is 1. The fourth-order valence-electron chi connectivity index (χ4n) is 2.01. The molecule has 1 aromatic rings. The summed E-state index contributed by atoms with van der Waals surface area (Å²) in [5.41, 5.74) is -0.221. The Labute approximate surface area is 118 Å². The number of rotatable bonds is 4. The van der Waals surface area contributed by atoms with Gasteiger partial charge in [0, 0.05) is 42.3 Å². The molecule has 1 aliphatic heterocycles. The molecule has 0 aliphatic carbocycles. The smallest absolute Gasteiger partial charge is 0.251 e. The van der Waals surface area contributed by atoms with Crippen molar-refractivity contribution in [1.82, 2.24) is 15.2 Å². The minimum atomic E-state index is -0.422. The molecule has 1 amide bonds. The minimum absolute atomic E-state index is 0.0193. The number of carbonyl (C=O) groups is 1. The SMILES string of the molecule is O=C(Cn1cc(Br)ccc1=O)NCC1CNCC1O. The third-order valence-electron chi connectivity index (χ3n) is 3.13. The Morgan fingerprint density at radius 3 is 3.00 bits per heavy atom. The molecule has 1 saturated heterocycles. The molecule has 2 atom stereocenters. The molecular weight excluding hydrogens is 314 g/mol. The van der Waals surface area contributed by atoms with Gasteiger partial charge in [0.15, 0.2) is 0 Å². The van der Waals surface area contributed by atoms with Gasteiger partial charge < -0.3 is 20.3 Å². The lowest BCUT2D eigenvalue weighted by Gasteiger charge is -2.14. The number of aliphatic hydroxyl groups is 1. The van der Waals surface area contributed by atoms with Gasteiger partial charge in [-0.25, -0.2) is 0 Å². The van der Waals surface area contributed by atoms with Crippen molar-refractivity contribution in [3.63, 3.8) is 0 Å². The van der Waals surface area contributed by atoms with Gasteiger partial charge >= 0.3 is 0 Å². The van der Waals surface area contributed by atoms with Crippen molar-refractivity contribution in [3.05, 3.63) is 33.2 Å². The van der Waals surface area contributed by atoms with E-state index in [-0.39, 0.29) is 23.9 Å². The Kier molecular flexibility index (Phi) is 4.73. The minimum Gasteiger partial charge on any atom is -0.391 e. The topological polar surface area (TPSA) is 83.4 Å². The summed E-state index contributed by atoms with van der Waals surface area (Å²) in [6.07, 6.45) is 1.15. The Morgan fingerprint density at radius 1 is 1.53 bits per heavy atom. The second-order valence-electron chi connectivity index (χ2n) is 4.60. The maximum atomic E-state index is 11.8. The van der Waals surface area contributed by atoms with Crippen molar-refractivity contribution in [2.24, 2.45) is 5.92 Å². The number of hydrogen-bond acceptors (Lipinski definition) is 4. The van der Waals surface area contributed by atoms with E-state index in [2.05, 4.69) is 26.6 Å². The summed E-state index contributed by atoms with van der Waals surface area (Å²) in [7, 11) is 0. The van der Waals surface area contributed by atoms with Gasteiger partial charge in [-0.15, -0.1) is 0 Å². The molecule has 7 heteroatoms. The number of nitrogens with one attached hydrogen (secondary N) is 2. The van der Waals surface area contributed by atoms with Crippen LogP contribution in [0, 0.1) is 5.92 Å². The number of nitrogens with zero attached hydrogens (tertiary/aromatic N) is 1. The average Bonchev–Trinajstić information content (AvgIpc) is 2.77. The number of β-amino-alcohol motifs (C(OH)–C–C–N with tert-alkyl or cyclic N) is 1. The van der Waals surface area contributed by atoms with Gasteiger partial charge in [0.1, 0.15) is 6.54 Å². The molecule has 1 aromatic heterocycles. The Bertz CT molecular complexity index is 517. The molecule has 2 heterocycles. The fourth-order valence-corrected chi connectivity index (χ4v) is 2.39. The van der Waals surface area contributed by atoms with E-state index < -0.39 is 6.10 Å². The Balaban J connectivity index is 1.87. The van der Waals surface area contributed by atoms with Crippen LogP contribution >= 0.6 is 15.9 Å². The molecule has 0 aromatic carbocycles. The first-order valence-electron chi connectivity index (χ1n) is 6.08. The van der Waals surface area contributed by atoms with Crippen LogP contribution in [0.1, 0.15) is 0 Å². The van der Waals surface area contributed by atoms with Crippen LogP contribution in [0.3, 0.4) is 0 Å². The number of pyridine rings is 1. The molecule has 2 rings (SSSR count). The van der Waals surface area contributed by atoms with Crippen LogP contribution in [0.5, 0.6) is 0 Å². The summed E-state index contributed by atoms with van der Waals surface area (Å²) in [6, 6.07) is 3.04. The zero-order chi connectivity index (χ0) is 13.8. The molecule has 0 bridgehead atoms. The first kappa shape index (κ1) is 14.2. The summed E-state index contributed by atoms with van der Waals surface area (Å²) < 4.78 is 2.08. The molecule has 2 unspecified atom stereocenters. The summed E-state index contributed by atoms with van der Waals surface area (Å²) in [5, 5.41) is 15.4. The van der Waals surface area contributed by atoms with Crippen LogP contribution in [0.15, 0.2) is 27.6 Å². The van der Waals surface area contributed by atoms with Crippen LogP contribution < -0.4 is 16.2 Å². The van der Waals surface area contributed by atoms with E-state index in [4.69, 9.17) is 0 Å². The largest absolute Gasteiger partial charge is 0.391 e. The second kappa shape index (κ2) is 6.31. The molecule has 1 aliphatic rings. The van der Waals surface area contributed by atoms with Crippen molar-refractivity contribution in [2.75, 3.05) is 19.6 Å². The zero-order valence-electron chi connectivity index (χ0n) is 10.3. The van der Waals surface area contributed by atoms with Gasteiger partial charge in [-0.1, -0.05) is 0 Å². The highest BCUT2D eigenvalue weighted by Crippen LogP contribution is 2.07. The lowest BCUT2D eigenvalue weighted by atomic mass is 10.1. The number of hydrogen-bond donors (Lipinski definition) is 3. The van der Waals surface area contributed by atoms with Gasteiger partial charge in [-0.3, -0.25) is 9.59 Å². The van der Waals surface area contributed by atoms with Gasteiger partial charge in [0.2, 0.25) is 5.91 Å². The third-order valence-corrected chi connectivity index (χ3v) is 3.60. The summed E-state index contributed by atoms with van der Waals surface area (Å²) in [6.45, 7) is 1.65. The first-order chi connectivity index (χ1) is 9.06. The number of halogens is 1. The molecule has 104 valence electrons. The van der Waals surface area contributed by atoms with E-state index in [1.165, 1.54) is 10.6 Å². The van der Waals surface area contributed by atoms with Crippen molar-refractivity contribution >= 4 is 21.8 Å². The lowest BCUT2D eigenvalue weighted by Crippen LogP contribution is -2.37. The van der Waals surface area contributed by atoms with E-state index >= 15 is 0 Å². The Hall–Kier alpha value is -1.18. The highest BCUT2D eigenvalue weighted by molar-refractivity contribution is 9.10. The maximum Gasteiger partial charge on any atom is 0.251 e. The predicted octanol–water partition coefficient (Wildman–Crippen LogP) is -0.693. The van der Waals surface area contributed by atoms with E-state index in [1.54, 1.807) is 12.3 Å². The van der Waals surface area contributed by atoms with E-state index in [0.717, 1.165) is 4.47 Å². The number of aliphatic hydroxyl groups excluding tert-OH is 1. The Morgan fingerprint density at radius 2 is 2.32 bits per heavy atom. The number of aromatic nitrogens is 1. The average molecular weight is 330 g/mol. The second-order valence-corrected chi connectivity index (χ2v) is 5.52. The maximum absolute atomic E-state index is 11.8. The fraction of sp³-hybridized carbons (Fsp3) is 0.500. The lowest BCUT2D eigenvalue weighted by molar-refractivity contribution is -0.122. The molecule has 6 nitrogen and oxygen atoms in total. The summed E-state index contributed by atoms with van der Waals surface area (Å²) in [4.78, 5) is 23.3. The summed E-state index contributed by atoms with van der Waals surface area (Å²) in [5.74, 6) is -0.206. The highest BCUT2D eigenvalue weighted by Gasteiger charge is 2.24. The van der Waals surface area contributed by atoms with Crippen molar-refractivity contribution in [2.45, 2.75) is 12.6 Å². The van der Waals surface area contributed by atoms with Crippen LogP contribution in [-0.4, -0.2) is 41.3 Å². The van der Waals surface area contributed by atoms with Crippen molar-refractivity contribution < 1.29 is 9.90 Å². The van der Waals surface area contributed by atoms with Gasteiger partial charge in [0.25, 0.3) is 5.56 Å². The van der Waals surface area contributed by atoms with Crippen LogP contribution in [0.2, 0.25) is 0 Å². The predicted molar refractivity (Wildman–Crippen MR) is 73.8 cm³/mol. The molecule has 0 saturated carbocycles.